The number of hydrogen-bond acceptors (Lipinski definition) is 4. The predicted octanol–water partition coefficient (Wildman–Crippen LogP) is 1.38. The monoisotopic (exact) mass is 299 g/mol. The fraction of sp³-hybridized carbons (Fsp3) is 0.462. The Bertz CT molecular complexity index is 556. The highest BCUT2D eigenvalue weighted by atomic mass is 32.2. The molecule has 0 spiro atoms. The third-order valence-electron chi connectivity index (χ3n) is 2.35. The number of hydrogen-bond donors (Lipinski definition) is 3. The molecular formula is C13H21N3O3S. The summed E-state index contributed by atoms with van der Waals surface area (Å²) in [5.41, 5.74) is 0.985. The Kier molecular flexibility index (Phi) is 5.97. The van der Waals surface area contributed by atoms with Gasteiger partial charge in [-0.25, -0.2) is 8.42 Å². The Morgan fingerprint density at radius 3 is 2.50 bits per heavy atom. The van der Waals surface area contributed by atoms with Gasteiger partial charge in [-0.2, -0.15) is 0 Å². The van der Waals surface area contributed by atoms with E-state index in [1.54, 1.807) is 24.3 Å². The largest absolute Gasteiger partial charge is 0.326 e. The van der Waals surface area contributed by atoms with Gasteiger partial charge in [0.1, 0.15) is 0 Å². The fourth-order valence-electron chi connectivity index (χ4n) is 1.57. The van der Waals surface area contributed by atoms with Gasteiger partial charge in [0.25, 0.3) is 0 Å². The van der Waals surface area contributed by atoms with E-state index < -0.39 is 10.0 Å². The molecule has 1 aromatic rings. The standard InChI is InChI=1S/C13H21N3O3S/c1-10(2)14-8-7-13(17)15-11-5-4-6-12(9-11)16-20(3,18)19/h4-6,9-10,14,16H,7-8H2,1-3H3,(H,15,17). The molecule has 3 N–H and O–H groups in total. The van der Waals surface area contributed by atoms with Crippen molar-refractivity contribution >= 4 is 27.3 Å². The van der Waals surface area contributed by atoms with Gasteiger partial charge >= 0.3 is 0 Å². The van der Waals surface area contributed by atoms with E-state index in [9.17, 15) is 13.2 Å². The van der Waals surface area contributed by atoms with Gasteiger partial charge in [-0.1, -0.05) is 19.9 Å². The van der Waals surface area contributed by atoms with E-state index in [4.69, 9.17) is 0 Å². The third kappa shape index (κ3) is 7.10. The lowest BCUT2D eigenvalue weighted by Gasteiger charge is -2.10. The summed E-state index contributed by atoms with van der Waals surface area (Å²) < 4.78 is 24.6. The highest BCUT2D eigenvalue weighted by Gasteiger charge is 2.05. The number of nitrogens with one attached hydrogen (secondary N) is 3. The van der Waals surface area contributed by atoms with Gasteiger partial charge in [0.15, 0.2) is 0 Å². The normalized spacial score (nSPS) is 11.4. The molecule has 112 valence electrons. The van der Waals surface area contributed by atoms with E-state index in [1.807, 2.05) is 13.8 Å². The SMILES string of the molecule is CC(C)NCCC(=O)Nc1cccc(NS(C)(=O)=O)c1. The van der Waals surface area contributed by atoms with Crippen molar-refractivity contribution in [2.24, 2.45) is 0 Å². The molecular weight excluding hydrogens is 278 g/mol. The van der Waals surface area contributed by atoms with Crippen molar-refractivity contribution in [2.45, 2.75) is 26.3 Å². The fourth-order valence-corrected chi connectivity index (χ4v) is 2.13. The first-order valence-electron chi connectivity index (χ1n) is 6.37. The number of anilines is 2. The maximum atomic E-state index is 11.7. The highest BCUT2D eigenvalue weighted by molar-refractivity contribution is 7.92. The minimum atomic E-state index is -3.32. The lowest BCUT2D eigenvalue weighted by molar-refractivity contribution is -0.116. The van der Waals surface area contributed by atoms with Crippen LogP contribution in [0.15, 0.2) is 24.3 Å². The average molecular weight is 299 g/mol. The van der Waals surface area contributed by atoms with Crippen molar-refractivity contribution in [1.82, 2.24) is 5.32 Å². The summed E-state index contributed by atoms with van der Waals surface area (Å²) in [5, 5.41) is 5.88. The molecule has 0 saturated carbocycles. The third-order valence-corrected chi connectivity index (χ3v) is 2.96. The molecule has 0 heterocycles. The van der Waals surface area contributed by atoms with Gasteiger partial charge in [0, 0.05) is 24.7 Å². The van der Waals surface area contributed by atoms with Crippen LogP contribution in [0.2, 0.25) is 0 Å². The number of sulfonamides is 1. The number of benzene rings is 1. The molecule has 0 aliphatic heterocycles. The summed E-state index contributed by atoms with van der Waals surface area (Å²) in [6.07, 6.45) is 1.44. The van der Waals surface area contributed by atoms with Gasteiger partial charge in [-0.15, -0.1) is 0 Å². The molecule has 1 rings (SSSR count). The van der Waals surface area contributed by atoms with Crippen LogP contribution in [0.3, 0.4) is 0 Å². The molecule has 0 aromatic heterocycles. The van der Waals surface area contributed by atoms with E-state index in [2.05, 4.69) is 15.4 Å². The molecule has 0 atom stereocenters. The quantitative estimate of drug-likeness (QED) is 0.710. The maximum absolute atomic E-state index is 11.7. The molecule has 0 unspecified atom stereocenters. The minimum Gasteiger partial charge on any atom is -0.326 e. The summed E-state index contributed by atoms with van der Waals surface area (Å²) >= 11 is 0. The van der Waals surface area contributed by atoms with Crippen LogP contribution in [-0.2, 0) is 14.8 Å². The molecule has 0 aliphatic rings. The predicted molar refractivity (Wildman–Crippen MR) is 81.3 cm³/mol. The lowest BCUT2D eigenvalue weighted by Crippen LogP contribution is -2.27. The summed E-state index contributed by atoms with van der Waals surface area (Å²) in [7, 11) is -3.32. The number of rotatable bonds is 7. The van der Waals surface area contributed by atoms with E-state index in [1.165, 1.54) is 0 Å². The van der Waals surface area contributed by atoms with Gasteiger partial charge in [0.2, 0.25) is 15.9 Å². The zero-order valence-electron chi connectivity index (χ0n) is 11.9. The van der Waals surface area contributed by atoms with Gasteiger partial charge < -0.3 is 10.6 Å². The van der Waals surface area contributed by atoms with E-state index in [-0.39, 0.29) is 5.91 Å². The van der Waals surface area contributed by atoms with Crippen molar-refractivity contribution in [3.8, 4) is 0 Å². The number of amides is 1. The molecule has 7 heteroatoms. The van der Waals surface area contributed by atoms with Crippen molar-refractivity contribution in [2.75, 3.05) is 22.8 Å². The van der Waals surface area contributed by atoms with E-state index in [0.717, 1.165) is 6.26 Å². The molecule has 0 aliphatic carbocycles. The zero-order valence-corrected chi connectivity index (χ0v) is 12.8. The molecule has 0 bridgehead atoms. The van der Waals surface area contributed by atoms with Gasteiger partial charge in [-0.05, 0) is 18.2 Å². The highest BCUT2D eigenvalue weighted by Crippen LogP contribution is 2.16. The van der Waals surface area contributed by atoms with Gasteiger partial charge in [-0.3, -0.25) is 9.52 Å². The van der Waals surface area contributed by atoms with Gasteiger partial charge in [0.05, 0.1) is 11.9 Å². The lowest BCUT2D eigenvalue weighted by atomic mass is 10.2. The van der Waals surface area contributed by atoms with Crippen molar-refractivity contribution in [1.29, 1.82) is 0 Å². The second-order valence-electron chi connectivity index (χ2n) is 4.86. The van der Waals surface area contributed by atoms with Crippen LogP contribution < -0.4 is 15.4 Å². The summed E-state index contributed by atoms with van der Waals surface area (Å²) in [5.74, 6) is -0.116. The van der Waals surface area contributed by atoms with Crippen molar-refractivity contribution < 1.29 is 13.2 Å². The topological polar surface area (TPSA) is 87.3 Å². The molecule has 0 fully saturated rings. The van der Waals surface area contributed by atoms with Crippen LogP contribution in [-0.4, -0.2) is 33.2 Å². The second-order valence-corrected chi connectivity index (χ2v) is 6.61. The first-order chi connectivity index (χ1) is 9.26. The summed E-state index contributed by atoms with van der Waals surface area (Å²) in [4.78, 5) is 11.7. The summed E-state index contributed by atoms with van der Waals surface area (Å²) in [6.45, 7) is 4.63. The second kappa shape index (κ2) is 7.25. The van der Waals surface area contributed by atoms with Crippen LogP contribution in [0.4, 0.5) is 11.4 Å². The Balaban J connectivity index is 2.55. The molecule has 20 heavy (non-hydrogen) atoms. The maximum Gasteiger partial charge on any atom is 0.229 e. The molecule has 6 nitrogen and oxygen atoms in total. The van der Waals surface area contributed by atoms with Crippen molar-refractivity contribution in [3.63, 3.8) is 0 Å². The Morgan fingerprint density at radius 1 is 1.25 bits per heavy atom. The number of carbonyl (C=O) groups is 1. The van der Waals surface area contributed by atoms with Crippen molar-refractivity contribution in [3.05, 3.63) is 24.3 Å². The van der Waals surface area contributed by atoms with Crippen LogP contribution in [0.1, 0.15) is 20.3 Å². The Hall–Kier alpha value is -1.60. The minimum absolute atomic E-state index is 0.116. The molecule has 0 saturated heterocycles. The molecule has 1 aromatic carbocycles. The number of carbonyl (C=O) groups excluding carboxylic acids is 1. The smallest absolute Gasteiger partial charge is 0.229 e. The Morgan fingerprint density at radius 2 is 1.90 bits per heavy atom. The first kappa shape index (κ1) is 16.5. The zero-order chi connectivity index (χ0) is 15.2. The molecule has 0 radical (unpaired) electrons. The first-order valence-corrected chi connectivity index (χ1v) is 8.26. The van der Waals surface area contributed by atoms with Crippen LogP contribution >= 0.6 is 0 Å². The average Bonchev–Trinajstić information content (AvgIpc) is 2.26. The van der Waals surface area contributed by atoms with E-state index >= 15 is 0 Å². The van der Waals surface area contributed by atoms with Crippen LogP contribution in [0.25, 0.3) is 0 Å². The van der Waals surface area contributed by atoms with E-state index in [0.29, 0.717) is 30.4 Å². The Labute approximate surface area is 120 Å². The summed E-state index contributed by atoms with van der Waals surface area (Å²) in [6, 6.07) is 6.92. The van der Waals surface area contributed by atoms with Crippen LogP contribution in [0, 0.1) is 0 Å². The van der Waals surface area contributed by atoms with Crippen LogP contribution in [0.5, 0.6) is 0 Å². The molecule has 1 amide bonds.